The molecule has 3 rings (SSSR count). The molecule has 28 heavy (non-hydrogen) atoms. The Morgan fingerprint density at radius 1 is 1.04 bits per heavy atom. The highest BCUT2D eigenvalue weighted by molar-refractivity contribution is 6.06. The monoisotopic (exact) mass is 382 g/mol. The van der Waals surface area contributed by atoms with Crippen molar-refractivity contribution >= 4 is 16.7 Å². The number of ether oxygens (including phenoxy) is 3. The maximum Gasteiger partial charge on any atom is 0.263 e. The van der Waals surface area contributed by atoms with Gasteiger partial charge in [-0.05, 0) is 18.2 Å². The van der Waals surface area contributed by atoms with Crippen molar-refractivity contribution in [2.24, 2.45) is 0 Å². The van der Waals surface area contributed by atoms with Gasteiger partial charge in [0.1, 0.15) is 11.5 Å². The normalized spacial score (nSPS) is 10.7. The van der Waals surface area contributed by atoms with Gasteiger partial charge in [-0.25, -0.2) is 0 Å². The maximum absolute atomic E-state index is 13.1. The van der Waals surface area contributed by atoms with Gasteiger partial charge in [-0.3, -0.25) is 14.2 Å². The molecule has 1 heterocycles. The second-order valence-corrected chi connectivity index (χ2v) is 6.05. The van der Waals surface area contributed by atoms with Crippen LogP contribution in [0.1, 0.15) is 10.4 Å². The summed E-state index contributed by atoms with van der Waals surface area (Å²) in [6.07, 6.45) is 1.54. The van der Waals surface area contributed by atoms with E-state index in [1.54, 1.807) is 56.7 Å². The van der Waals surface area contributed by atoms with E-state index in [0.29, 0.717) is 46.7 Å². The highest BCUT2D eigenvalue weighted by atomic mass is 16.5. The molecule has 0 unspecified atom stereocenters. The molecule has 2 aromatic carbocycles. The summed E-state index contributed by atoms with van der Waals surface area (Å²) < 4.78 is 17.1. The number of aromatic nitrogens is 1. The van der Waals surface area contributed by atoms with Crippen molar-refractivity contribution < 1.29 is 19.0 Å². The number of rotatable bonds is 7. The molecule has 1 amide bonds. The number of fused-ring (bicyclic) bond motifs is 1. The average molecular weight is 382 g/mol. The molecule has 3 aromatic rings. The first-order valence-electron chi connectivity index (χ1n) is 8.74. The summed E-state index contributed by atoms with van der Waals surface area (Å²) in [4.78, 5) is 25.9. The first-order valence-corrected chi connectivity index (χ1v) is 8.74. The van der Waals surface area contributed by atoms with E-state index in [1.807, 2.05) is 0 Å². The van der Waals surface area contributed by atoms with Crippen LogP contribution in [0.15, 0.2) is 53.5 Å². The standard InChI is InChI=1S/C21H22N2O5/c1-26-11-10-22-20(24)17-13-23(21(25)16-7-5-4-6-15(16)17)18-9-8-14(27-2)12-19(18)28-3/h4-9,12-13H,10-11H2,1-3H3,(H,22,24). The van der Waals surface area contributed by atoms with Crippen molar-refractivity contribution in [1.82, 2.24) is 9.88 Å². The molecule has 0 saturated carbocycles. The third-order valence-corrected chi connectivity index (χ3v) is 4.41. The minimum atomic E-state index is -0.283. The molecule has 0 aliphatic carbocycles. The minimum absolute atomic E-state index is 0.243. The third-order valence-electron chi connectivity index (χ3n) is 4.41. The molecule has 7 heteroatoms. The SMILES string of the molecule is COCCNC(=O)c1cn(-c2ccc(OC)cc2OC)c(=O)c2ccccc12. The Bertz CT molecular complexity index is 1060. The van der Waals surface area contributed by atoms with Crippen LogP contribution in [0.2, 0.25) is 0 Å². The van der Waals surface area contributed by atoms with Crippen LogP contribution in [-0.2, 0) is 4.74 Å². The number of hydrogen-bond donors (Lipinski definition) is 1. The Labute approximate surface area is 162 Å². The summed E-state index contributed by atoms with van der Waals surface area (Å²) in [6, 6.07) is 12.2. The Kier molecular flexibility index (Phi) is 5.96. The van der Waals surface area contributed by atoms with E-state index in [4.69, 9.17) is 14.2 Å². The zero-order valence-corrected chi connectivity index (χ0v) is 16.0. The second-order valence-electron chi connectivity index (χ2n) is 6.05. The summed E-state index contributed by atoms with van der Waals surface area (Å²) in [7, 11) is 4.64. The van der Waals surface area contributed by atoms with E-state index in [2.05, 4.69) is 5.32 Å². The zero-order valence-electron chi connectivity index (χ0n) is 16.0. The van der Waals surface area contributed by atoms with Crippen LogP contribution >= 0.6 is 0 Å². The van der Waals surface area contributed by atoms with E-state index < -0.39 is 0 Å². The molecule has 0 atom stereocenters. The van der Waals surface area contributed by atoms with Crippen molar-refractivity contribution in [2.45, 2.75) is 0 Å². The molecule has 1 aromatic heterocycles. The molecule has 0 fully saturated rings. The molecule has 0 bridgehead atoms. The van der Waals surface area contributed by atoms with Gasteiger partial charge in [0.05, 0.1) is 32.1 Å². The van der Waals surface area contributed by atoms with Gasteiger partial charge in [-0.2, -0.15) is 0 Å². The molecule has 7 nitrogen and oxygen atoms in total. The van der Waals surface area contributed by atoms with Crippen molar-refractivity contribution in [3.05, 3.63) is 64.6 Å². The van der Waals surface area contributed by atoms with Gasteiger partial charge in [0.25, 0.3) is 11.5 Å². The lowest BCUT2D eigenvalue weighted by atomic mass is 10.1. The second kappa shape index (κ2) is 8.58. The number of amides is 1. The average Bonchev–Trinajstić information content (AvgIpc) is 2.74. The number of hydrogen-bond acceptors (Lipinski definition) is 5. The van der Waals surface area contributed by atoms with Crippen LogP contribution in [0.3, 0.4) is 0 Å². The highest BCUT2D eigenvalue weighted by Gasteiger charge is 2.17. The number of pyridine rings is 1. The summed E-state index contributed by atoms with van der Waals surface area (Å²) in [5.74, 6) is 0.781. The number of methoxy groups -OCH3 is 3. The molecule has 1 N–H and O–H groups in total. The van der Waals surface area contributed by atoms with E-state index in [1.165, 1.54) is 17.9 Å². The molecule has 0 aliphatic heterocycles. The van der Waals surface area contributed by atoms with Gasteiger partial charge in [-0.15, -0.1) is 0 Å². The summed E-state index contributed by atoms with van der Waals surface area (Å²) >= 11 is 0. The van der Waals surface area contributed by atoms with Crippen molar-refractivity contribution in [1.29, 1.82) is 0 Å². The van der Waals surface area contributed by atoms with Crippen molar-refractivity contribution in [2.75, 3.05) is 34.5 Å². The van der Waals surface area contributed by atoms with Crippen LogP contribution in [0.5, 0.6) is 11.5 Å². The summed E-state index contributed by atoms with van der Waals surface area (Å²) in [5.41, 5.74) is 0.668. The predicted molar refractivity (Wildman–Crippen MR) is 107 cm³/mol. The largest absolute Gasteiger partial charge is 0.497 e. The molecule has 0 aliphatic rings. The molecular formula is C21H22N2O5. The number of benzene rings is 2. The lowest BCUT2D eigenvalue weighted by Crippen LogP contribution is -2.29. The quantitative estimate of drug-likeness (QED) is 0.635. The van der Waals surface area contributed by atoms with Crippen LogP contribution in [0, 0.1) is 0 Å². The fourth-order valence-electron chi connectivity index (χ4n) is 3.00. The number of carbonyl (C=O) groups excluding carboxylic acids is 1. The fourth-order valence-corrected chi connectivity index (χ4v) is 3.00. The van der Waals surface area contributed by atoms with E-state index in [-0.39, 0.29) is 11.5 Å². The van der Waals surface area contributed by atoms with Crippen LogP contribution < -0.4 is 20.3 Å². The minimum Gasteiger partial charge on any atom is -0.497 e. The Morgan fingerprint density at radius 2 is 1.79 bits per heavy atom. The van der Waals surface area contributed by atoms with E-state index in [9.17, 15) is 9.59 Å². The van der Waals surface area contributed by atoms with Gasteiger partial charge >= 0.3 is 0 Å². The van der Waals surface area contributed by atoms with Crippen LogP contribution in [0.4, 0.5) is 0 Å². The summed E-state index contributed by atoms with van der Waals surface area (Å²) in [5, 5.41) is 3.84. The van der Waals surface area contributed by atoms with Gasteiger partial charge in [0.15, 0.2) is 0 Å². The topological polar surface area (TPSA) is 78.8 Å². The molecule has 0 spiro atoms. The number of carbonyl (C=O) groups is 1. The highest BCUT2D eigenvalue weighted by Crippen LogP contribution is 2.28. The van der Waals surface area contributed by atoms with Gasteiger partial charge in [0.2, 0.25) is 0 Å². The van der Waals surface area contributed by atoms with Gasteiger partial charge in [0, 0.05) is 36.7 Å². The Balaban J connectivity index is 2.20. The smallest absolute Gasteiger partial charge is 0.263 e. The van der Waals surface area contributed by atoms with Crippen molar-refractivity contribution in [3.8, 4) is 17.2 Å². The predicted octanol–water partition coefficient (Wildman–Crippen LogP) is 2.38. The fraction of sp³-hybridized carbons (Fsp3) is 0.238. The van der Waals surface area contributed by atoms with Gasteiger partial charge < -0.3 is 19.5 Å². The summed E-state index contributed by atoms with van der Waals surface area (Å²) in [6.45, 7) is 0.768. The van der Waals surface area contributed by atoms with E-state index >= 15 is 0 Å². The molecule has 146 valence electrons. The third kappa shape index (κ3) is 3.70. The van der Waals surface area contributed by atoms with Crippen LogP contribution in [0.25, 0.3) is 16.5 Å². The van der Waals surface area contributed by atoms with Gasteiger partial charge in [-0.1, -0.05) is 18.2 Å². The lowest BCUT2D eigenvalue weighted by molar-refractivity contribution is 0.0938. The van der Waals surface area contributed by atoms with Crippen molar-refractivity contribution in [3.63, 3.8) is 0 Å². The Morgan fingerprint density at radius 3 is 2.46 bits per heavy atom. The first kappa shape index (κ1) is 19.4. The first-order chi connectivity index (χ1) is 13.6. The molecule has 0 saturated heterocycles. The van der Waals surface area contributed by atoms with E-state index in [0.717, 1.165) is 0 Å². The number of nitrogens with zero attached hydrogens (tertiary/aromatic N) is 1. The molecule has 0 radical (unpaired) electrons. The maximum atomic E-state index is 13.1. The Hall–Kier alpha value is -3.32. The molecular weight excluding hydrogens is 360 g/mol. The zero-order chi connectivity index (χ0) is 20.1. The number of nitrogens with one attached hydrogen (secondary N) is 1. The lowest BCUT2D eigenvalue weighted by Gasteiger charge is -2.15. The van der Waals surface area contributed by atoms with Crippen LogP contribution in [-0.4, -0.2) is 45.0 Å².